The van der Waals surface area contributed by atoms with Crippen LogP contribution in [-0.2, 0) is 6.42 Å². The molecule has 0 saturated heterocycles. The van der Waals surface area contributed by atoms with Crippen LogP contribution in [0.3, 0.4) is 0 Å². The van der Waals surface area contributed by atoms with Gasteiger partial charge in [0.2, 0.25) is 0 Å². The second-order valence-corrected chi connectivity index (χ2v) is 6.14. The van der Waals surface area contributed by atoms with Gasteiger partial charge in [0.25, 0.3) is 5.91 Å². The van der Waals surface area contributed by atoms with Gasteiger partial charge in [0, 0.05) is 16.5 Å². The van der Waals surface area contributed by atoms with E-state index in [1.54, 1.807) is 18.2 Å². The molecule has 0 fully saturated rings. The van der Waals surface area contributed by atoms with E-state index in [0.717, 1.165) is 10.0 Å². The molecule has 0 aliphatic rings. The summed E-state index contributed by atoms with van der Waals surface area (Å²) in [6.07, 6.45) is 0.348. The van der Waals surface area contributed by atoms with Crippen LogP contribution >= 0.6 is 15.9 Å². The first-order valence-corrected chi connectivity index (χ1v) is 7.71. The molecular weight excluding hydrogens is 346 g/mol. The maximum atomic E-state index is 12.4. The predicted octanol–water partition coefficient (Wildman–Crippen LogP) is 2.14. The number of aliphatic hydroxyl groups is 2. The number of aliphatic hydroxyl groups excluding tert-OH is 2. The molecule has 0 aliphatic heterocycles. The summed E-state index contributed by atoms with van der Waals surface area (Å²) < 4.78 is 0.793. The SMILES string of the molecule is O=C(NC(CO)(CO)Cc1ccccc1)c1cccc(Br)c1. The monoisotopic (exact) mass is 363 g/mol. The largest absolute Gasteiger partial charge is 0.394 e. The highest BCUT2D eigenvalue weighted by molar-refractivity contribution is 9.10. The maximum absolute atomic E-state index is 12.4. The molecule has 2 aromatic rings. The van der Waals surface area contributed by atoms with Crippen LogP contribution in [0, 0.1) is 0 Å². The highest BCUT2D eigenvalue weighted by Gasteiger charge is 2.31. The van der Waals surface area contributed by atoms with Crippen LogP contribution in [0.1, 0.15) is 15.9 Å². The van der Waals surface area contributed by atoms with Gasteiger partial charge in [0.15, 0.2) is 0 Å². The molecule has 0 bridgehead atoms. The lowest BCUT2D eigenvalue weighted by Crippen LogP contribution is -2.55. The summed E-state index contributed by atoms with van der Waals surface area (Å²) in [6.45, 7) is -0.698. The third-order valence-electron chi connectivity index (χ3n) is 3.46. The average Bonchev–Trinajstić information content (AvgIpc) is 2.55. The number of nitrogens with one attached hydrogen (secondary N) is 1. The Morgan fingerprint density at radius 1 is 1.05 bits per heavy atom. The molecule has 2 aromatic carbocycles. The van der Waals surface area contributed by atoms with Gasteiger partial charge in [-0.2, -0.15) is 0 Å². The van der Waals surface area contributed by atoms with Gasteiger partial charge in [-0.25, -0.2) is 0 Å². The molecule has 116 valence electrons. The molecule has 0 aromatic heterocycles. The standard InChI is InChI=1S/C17H18BrNO3/c18-15-8-4-7-14(9-15)16(22)19-17(11-20,12-21)10-13-5-2-1-3-6-13/h1-9,20-21H,10-12H2,(H,19,22). The van der Waals surface area contributed by atoms with Crippen LogP contribution in [0.5, 0.6) is 0 Å². The molecule has 1 amide bonds. The molecule has 4 nitrogen and oxygen atoms in total. The summed E-state index contributed by atoms with van der Waals surface area (Å²) in [4.78, 5) is 12.4. The zero-order valence-electron chi connectivity index (χ0n) is 12.0. The minimum atomic E-state index is -1.10. The Hall–Kier alpha value is -1.69. The van der Waals surface area contributed by atoms with Gasteiger partial charge >= 0.3 is 0 Å². The van der Waals surface area contributed by atoms with Crippen LogP contribution in [0.4, 0.5) is 0 Å². The highest BCUT2D eigenvalue weighted by Crippen LogP contribution is 2.16. The molecule has 22 heavy (non-hydrogen) atoms. The first-order valence-electron chi connectivity index (χ1n) is 6.92. The van der Waals surface area contributed by atoms with Crippen molar-refractivity contribution in [3.63, 3.8) is 0 Å². The summed E-state index contributed by atoms with van der Waals surface area (Å²) in [5.74, 6) is -0.333. The second kappa shape index (κ2) is 7.54. The summed E-state index contributed by atoms with van der Waals surface area (Å²) >= 11 is 3.32. The third kappa shape index (κ3) is 4.16. The summed E-state index contributed by atoms with van der Waals surface area (Å²) in [5, 5.41) is 22.2. The van der Waals surface area contributed by atoms with Crippen molar-refractivity contribution in [2.45, 2.75) is 12.0 Å². The number of rotatable bonds is 6. The van der Waals surface area contributed by atoms with E-state index in [0.29, 0.717) is 12.0 Å². The first-order chi connectivity index (χ1) is 10.6. The van der Waals surface area contributed by atoms with Crippen molar-refractivity contribution < 1.29 is 15.0 Å². The molecule has 5 heteroatoms. The molecule has 0 radical (unpaired) electrons. The molecule has 0 saturated carbocycles. The summed E-state index contributed by atoms with van der Waals surface area (Å²) in [6, 6.07) is 16.4. The van der Waals surface area contributed by atoms with Crippen LogP contribution in [-0.4, -0.2) is 34.9 Å². The Morgan fingerprint density at radius 3 is 2.32 bits per heavy atom. The van der Waals surface area contributed by atoms with Gasteiger partial charge < -0.3 is 15.5 Å². The van der Waals surface area contributed by atoms with Gasteiger partial charge in [-0.15, -0.1) is 0 Å². The van der Waals surface area contributed by atoms with E-state index in [1.807, 2.05) is 36.4 Å². The number of amides is 1. The quantitative estimate of drug-likeness (QED) is 0.736. The Balaban J connectivity index is 2.19. The molecule has 2 rings (SSSR count). The molecule has 0 heterocycles. The number of hydrogen-bond acceptors (Lipinski definition) is 3. The molecular formula is C17H18BrNO3. The van der Waals surface area contributed by atoms with Gasteiger partial charge in [-0.3, -0.25) is 4.79 Å². The smallest absolute Gasteiger partial charge is 0.251 e. The number of hydrogen-bond donors (Lipinski definition) is 3. The normalized spacial score (nSPS) is 11.2. The minimum absolute atomic E-state index is 0.333. The van der Waals surface area contributed by atoms with E-state index >= 15 is 0 Å². The fraction of sp³-hybridized carbons (Fsp3) is 0.235. The zero-order valence-corrected chi connectivity index (χ0v) is 13.6. The van der Waals surface area contributed by atoms with E-state index in [1.165, 1.54) is 0 Å². The van der Waals surface area contributed by atoms with E-state index < -0.39 is 5.54 Å². The average molecular weight is 364 g/mol. The molecule has 0 spiro atoms. The van der Waals surface area contributed by atoms with E-state index in [-0.39, 0.29) is 19.1 Å². The van der Waals surface area contributed by atoms with Crippen molar-refractivity contribution >= 4 is 21.8 Å². The first kappa shape index (κ1) is 16.7. The Labute approximate surface area is 137 Å². The van der Waals surface area contributed by atoms with Crippen molar-refractivity contribution in [3.8, 4) is 0 Å². The summed E-state index contributed by atoms with van der Waals surface area (Å²) in [7, 11) is 0. The van der Waals surface area contributed by atoms with Gasteiger partial charge in [0.05, 0.1) is 18.8 Å². The Morgan fingerprint density at radius 2 is 1.73 bits per heavy atom. The van der Waals surface area contributed by atoms with Crippen molar-refractivity contribution in [3.05, 3.63) is 70.2 Å². The second-order valence-electron chi connectivity index (χ2n) is 5.22. The van der Waals surface area contributed by atoms with Gasteiger partial charge in [-0.1, -0.05) is 52.3 Å². The lowest BCUT2D eigenvalue weighted by molar-refractivity contribution is 0.0667. The van der Waals surface area contributed by atoms with Gasteiger partial charge in [0.1, 0.15) is 0 Å². The molecule has 3 N–H and O–H groups in total. The van der Waals surface area contributed by atoms with E-state index in [9.17, 15) is 15.0 Å². The molecule has 0 atom stereocenters. The lowest BCUT2D eigenvalue weighted by Gasteiger charge is -2.31. The Kier molecular flexibility index (Phi) is 5.71. The van der Waals surface area contributed by atoms with Crippen LogP contribution in [0.2, 0.25) is 0 Å². The highest BCUT2D eigenvalue weighted by atomic mass is 79.9. The number of halogens is 1. The minimum Gasteiger partial charge on any atom is -0.394 e. The Bertz CT molecular complexity index is 627. The van der Waals surface area contributed by atoms with Gasteiger partial charge in [-0.05, 0) is 23.8 Å². The van der Waals surface area contributed by atoms with Crippen LogP contribution in [0.25, 0.3) is 0 Å². The van der Waals surface area contributed by atoms with E-state index in [2.05, 4.69) is 21.2 Å². The zero-order chi connectivity index (χ0) is 16.0. The van der Waals surface area contributed by atoms with Crippen molar-refractivity contribution in [1.82, 2.24) is 5.32 Å². The third-order valence-corrected chi connectivity index (χ3v) is 3.95. The summed E-state index contributed by atoms with van der Waals surface area (Å²) in [5.41, 5.74) is 0.301. The van der Waals surface area contributed by atoms with Crippen LogP contribution in [0.15, 0.2) is 59.1 Å². The number of benzene rings is 2. The number of carbonyl (C=O) groups is 1. The maximum Gasteiger partial charge on any atom is 0.251 e. The lowest BCUT2D eigenvalue weighted by atomic mass is 9.92. The predicted molar refractivity (Wildman–Crippen MR) is 88.7 cm³/mol. The molecule has 0 aliphatic carbocycles. The molecule has 0 unspecified atom stereocenters. The van der Waals surface area contributed by atoms with Crippen molar-refractivity contribution in [2.75, 3.05) is 13.2 Å². The fourth-order valence-corrected chi connectivity index (χ4v) is 2.61. The fourth-order valence-electron chi connectivity index (χ4n) is 2.21. The van der Waals surface area contributed by atoms with Crippen molar-refractivity contribution in [1.29, 1.82) is 0 Å². The van der Waals surface area contributed by atoms with Crippen molar-refractivity contribution in [2.24, 2.45) is 0 Å². The van der Waals surface area contributed by atoms with Crippen LogP contribution < -0.4 is 5.32 Å². The number of carbonyl (C=O) groups excluding carboxylic acids is 1. The topological polar surface area (TPSA) is 69.6 Å². The van der Waals surface area contributed by atoms with E-state index in [4.69, 9.17) is 0 Å².